The average Bonchev–Trinajstić information content (AvgIpc) is 2.94. The highest BCUT2D eigenvalue weighted by Crippen LogP contribution is 2.46. The van der Waals surface area contributed by atoms with Crippen molar-refractivity contribution in [3.63, 3.8) is 0 Å². The Labute approximate surface area is 163 Å². The van der Waals surface area contributed by atoms with Gasteiger partial charge in [0.05, 0.1) is 6.61 Å². The Kier molecular flexibility index (Phi) is 6.63. The van der Waals surface area contributed by atoms with Crippen molar-refractivity contribution in [1.29, 1.82) is 0 Å². The van der Waals surface area contributed by atoms with Gasteiger partial charge in [-0.2, -0.15) is 0 Å². The summed E-state index contributed by atoms with van der Waals surface area (Å²) in [6.07, 6.45) is 3.47. The lowest BCUT2D eigenvalue weighted by Gasteiger charge is -2.37. The van der Waals surface area contributed by atoms with Crippen molar-refractivity contribution in [2.24, 2.45) is 5.92 Å². The molecule has 3 atom stereocenters. The highest BCUT2D eigenvalue weighted by molar-refractivity contribution is 6.30. The number of aliphatic hydroxyl groups excluding tert-OH is 1. The number of hydrogen-bond acceptors (Lipinski definition) is 4. The summed E-state index contributed by atoms with van der Waals surface area (Å²) in [5.74, 6) is 0.493. The van der Waals surface area contributed by atoms with Crippen LogP contribution in [0, 0.1) is 5.92 Å². The first-order chi connectivity index (χ1) is 12.5. The first-order valence-corrected chi connectivity index (χ1v) is 10.4. The lowest BCUT2D eigenvalue weighted by Crippen LogP contribution is -2.45. The van der Waals surface area contributed by atoms with Gasteiger partial charge in [0.1, 0.15) is 0 Å². The van der Waals surface area contributed by atoms with Gasteiger partial charge in [-0.05, 0) is 76.5 Å². The Morgan fingerprint density at radius 3 is 2.46 bits per heavy atom. The van der Waals surface area contributed by atoms with E-state index < -0.39 is 0 Å². The van der Waals surface area contributed by atoms with E-state index in [9.17, 15) is 5.11 Å². The van der Waals surface area contributed by atoms with Crippen LogP contribution in [0.3, 0.4) is 0 Å². The highest BCUT2D eigenvalue weighted by atomic mass is 35.5. The number of likely N-dealkylation sites (N-methyl/N-ethyl adjacent to an activating group) is 1. The van der Waals surface area contributed by atoms with Gasteiger partial charge >= 0.3 is 0 Å². The summed E-state index contributed by atoms with van der Waals surface area (Å²) in [6, 6.07) is 9.23. The SMILES string of the molecule is CCN1[C@H](c2ccc(Cl)cc2)[C@H](CNC2CCN(C)CC2)C[C@]1(C)CO. The molecule has 4 nitrogen and oxygen atoms in total. The fourth-order valence-corrected chi connectivity index (χ4v) is 5.07. The first kappa shape index (κ1) is 20.1. The summed E-state index contributed by atoms with van der Waals surface area (Å²) in [4.78, 5) is 4.89. The van der Waals surface area contributed by atoms with Crippen molar-refractivity contribution in [3.05, 3.63) is 34.9 Å². The molecule has 2 aliphatic heterocycles. The zero-order chi connectivity index (χ0) is 18.7. The number of rotatable bonds is 6. The lowest BCUT2D eigenvalue weighted by molar-refractivity contribution is 0.0578. The average molecular weight is 380 g/mol. The van der Waals surface area contributed by atoms with E-state index in [1.165, 1.54) is 31.5 Å². The number of nitrogens with zero attached hydrogens (tertiary/aromatic N) is 2. The van der Waals surface area contributed by atoms with Crippen LogP contribution in [0.25, 0.3) is 0 Å². The maximum Gasteiger partial charge on any atom is 0.0613 e. The van der Waals surface area contributed by atoms with Crippen LogP contribution in [0.4, 0.5) is 0 Å². The zero-order valence-electron chi connectivity index (χ0n) is 16.4. The van der Waals surface area contributed by atoms with E-state index in [1.807, 2.05) is 12.1 Å². The Morgan fingerprint density at radius 1 is 1.23 bits per heavy atom. The molecule has 2 fully saturated rings. The lowest BCUT2D eigenvalue weighted by atomic mass is 9.90. The number of aliphatic hydroxyl groups is 1. The molecule has 26 heavy (non-hydrogen) atoms. The molecule has 0 aromatic heterocycles. The van der Waals surface area contributed by atoms with Gasteiger partial charge in [0.15, 0.2) is 0 Å². The normalized spacial score (nSPS) is 31.6. The van der Waals surface area contributed by atoms with E-state index in [-0.39, 0.29) is 12.1 Å². The number of nitrogens with one attached hydrogen (secondary N) is 1. The molecule has 2 heterocycles. The van der Waals surface area contributed by atoms with Crippen molar-refractivity contribution < 1.29 is 5.11 Å². The van der Waals surface area contributed by atoms with E-state index in [4.69, 9.17) is 11.6 Å². The maximum absolute atomic E-state index is 10.1. The molecule has 5 heteroatoms. The molecule has 3 rings (SSSR count). The standard InChI is InChI=1S/C21H34ClN3O/c1-4-25-20(16-5-7-18(22)8-6-16)17(13-21(25,2)15-26)14-23-19-9-11-24(3)12-10-19/h5-8,17,19-20,23,26H,4,9-15H2,1-3H3/t17-,20+,21+/m0/s1. The summed E-state index contributed by atoms with van der Waals surface area (Å²) in [7, 11) is 2.20. The largest absolute Gasteiger partial charge is 0.394 e. The fraction of sp³-hybridized carbons (Fsp3) is 0.714. The minimum atomic E-state index is -0.155. The predicted molar refractivity (Wildman–Crippen MR) is 109 cm³/mol. The molecule has 0 amide bonds. The molecule has 1 aromatic carbocycles. The third-order valence-corrected chi connectivity index (χ3v) is 6.71. The van der Waals surface area contributed by atoms with E-state index >= 15 is 0 Å². The van der Waals surface area contributed by atoms with Crippen molar-refractivity contribution in [2.45, 2.75) is 50.7 Å². The van der Waals surface area contributed by atoms with Crippen LogP contribution in [0.5, 0.6) is 0 Å². The third-order valence-electron chi connectivity index (χ3n) is 6.46. The quantitative estimate of drug-likeness (QED) is 0.796. The molecular weight excluding hydrogens is 346 g/mol. The van der Waals surface area contributed by atoms with Gasteiger partial charge in [-0.25, -0.2) is 0 Å². The number of likely N-dealkylation sites (tertiary alicyclic amines) is 2. The maximum atomic E-state index is 10.1. The molecule has 0 spiro atoms. The second-order valence-electron chi connectivity index (χ2n) is 8.39. The second kappa shape index (κ2) is 8.57. The summed E-state index contributed by atoms with van der Waals surface area (Å²) >= 11 is 6.11. The van der Waals surface area contributed by atoms with Gasteiger partial charge < -0.3 is 15.3 Å². The molecule has 2 aliphatic rings. The van der Waals surface area contributed by atoms with Gasteiger partial charge in [0.2, 0.25) is 0 Å². The van der Waals surface area contributed by atoms with Crippen molar-refractivity contribution in [2.75, 3.05) is 39.8 Å². The molecule has 2 N–H and O–H groups in total. The number of piperidine rings is 1. The first-order valence-electron chi connectivity index (χ1n) is 10.0. The summed E-state index contributed by atoms with van der Waals surface area (Å²) in [5.41, 5.74) is 1.15. The number of benzene rings is 1. The minimum absolute atomic E-state index is 0.155. The van der Waals surface area contributed by atoms with Crippen molar-refractivity contribution in [1.82, 2.24) is 15.1 Å². The molecule has 1 aromatic rings. The van der Waals surface area contributed by atoms with Gasteiger partial charge in [-0.15, -0.1) is 0 Å². The molecule has 0 saturated carbocycles. The number of halogens is 1. The molecule has 0 aliphatic carbocycles. The van der Waals surface area contributed by atoms with Crippen LogP contribution in [0.15, 0.2) is 24.3 Å². The van der Waals surface area contributed by atoms with Crippen LogP contribution in [0.2, 0.25) is 5.02 Å². The van der Waals surface area contributed by atoms with Crippen LogP contribution in [-0.4, -0.2) is 66.3 Å². The molecular formula is C21H34ClN3O. The summed E-state index contributed by atoms with van der Waals surface area (Å²) in [6.45, 7) is 8.91. The van der Waals surface area contributed by atoms with Crippen LogP contribution >= 0.6 is 11.6 Å². The fourth-order valence-electron chi connectivity index (χ4n) is 4.94. The topological polar surface area (TPSA) is 38.7 Å². The Hall–Kier alpha value is -0.650. The van der Waals surface area contributed by atoms with E-state index in [2.05, 4.69) is 48.1 Å². The third kappa shape index (κ3) is 4.26. The van der Waals surface area contributed by atoms with Gasteiger partial charge in [-0.3, -0.25) is 4.90 Å². The van der Waals surface area contributed by atoms with Crippen molar-refractivity contribution >= 4 is 11.6 Å². The Balaban J connectivity index is 1.75. The monoisotopic (exact) mass is 379 g/mol. The van der Waals surface area contributed by atoms with Crippen LogP contribution in [0.1, 0.15) is 44.7 Å². The Bertz CT molecular complexity index is 573. The minimum Gasteiger partial charge on any atom is -0.394 e. The second-order valence-corrected chi connectivity index (χ2v) is 8.82. The zero-order valence-corrected chi connectivity index (χ0v) is 17.2. The van der Waals surface area contributed by atoms with E-state index in [1.54, 1.807) is 0 Å². The van der Waals surface area contributed by atoms with Gasteiger partial charge in [-0.1, -0.05) is 30.7 Å². The number of hydrogen-bond donors (Lipinski definition) is 2. The van der Waals surface area contributed by atoms with E-state index in [0.29, 0.717) is 18.0 Å². The summed E-state index contributed by atoms with van der Waals surface area (Å²) in [5, 5.41) is 14.7. The smallest absolute Gasteiger partial charge is 0.0613 e. The van der Waals surface area contributed by atoms with Crippen molar-refractivity contribution in [3.8, 4) is 0 Å². The molecule has 2 saturated heterocycles. The van der Waals surface area contributed by atoms with Crippen LogP contribution < -0.4 is 5.32 Å². The molecule has 0 unspecified atom stereocenters. The highest BCUT2D eigenvalue weighted by Gasteiger charge is 2.48. The Morgan fingerprint density at radius 2 is 1.88 bits per heavy atom. The van der Waals surface area contributed by atoms with Gasteiger partial charge in [0.25, 0.3) is 0 Å². The molecule has 146 valence electrons. The van der Waals surface area contributed by atoms with Gasteiger partial charge in [0, 0.05) is 29.2 Å². The molecule has 0 radical (unpaired) electrons. The predicted octanol–water partition coefficient (Wildman–Crippen LogP) is 3.16. The van der Waals surface area contributed by atoms with E-state index in [0.717, 1.165) is 24.5 Å². The molecule has 0 bridgehead atoms. The summed E-state index contributed by atoms with van der Waals surface area (Å²) < 4.78 is 0. The van der Waals surface area contributed by atoms with Crippen LogP contribution in [-0.2, 0) is 0 Å².